The van der Waals surface area contributed by atoms with Gasteiger partial charge in [0, 0.05) is 19.8 Å². The number of alkyl halides is 1. The summed E-state index contributed by atoms with van der Waals surface area (Å²) < 4.78 is 1.30. The van der Waals surface area contributed by atoms with Crippen molar-refractivity contribution in [2.75, 3.05) is 0 Å². The summed E-state index contributed by atoms with van der Waals surface area (Å²) in [5.41, 5.74) is 1.34. The van der Waals surface area contributed by atoms with Crippen LogP contribution in [0.2, 0.25) is 0 Å². The smallest absolute Gasteiger partial charge is 0.0481 e. The SMILES string of the molecule is Cc1cc2c(CBr)ccc(S)c2s1. The Kier molecular flexibility index (Phi) is 2.67. The van der Waals surface area contributed by atoms with Crippen LogP contribution in [0.3, 0.4) is 0 Å². The predicted octanol–water partition coefficient (Wildman–Crippen LogP) is 4.39. The van der Waals surface area contributed by atoms with E-state index in [-0.39, 0.29) is 0 Å². The minimum Gasteiger partial charge on any atom is -0.142 e. The highest BCUT2D eigenvalue weighted by molar-refractivity contribution is 9.08. The normalized spacial score (nSPS) is 11.0. The molecular formula is C10H9BrS2. The molecule has 1 aromatic heterocycles. The first-order valence-corrected chi connectivity index (χ1v) is 6.38. The molecule has 0 fully saturated rings. The number of hydrogen-bond acceptors (Lipinski definition) is 2. The summed E-state index contributed by atoms with van der Waals surface area (Å²) in [7, 11) is 0. The van der Waals surface area contributed by atoms with Crippen LogP contribution in [0.5, 0.6) is 0 Å². The van der Waals surface area contributed by atoms with Gasteiger partial charge in [0.05, 0.1) is 0 Å². The monoisotopic (exact) mass is 272 g/mol. The zero-order valence-electron chi connectivity index (χ0n) is 7.17. The van der Waals surface area contributed by atoms with Crippen molar-refractivity contribution in [3.8, 4) is 0 Å². The average Bonchev–Trinajstić information content (AvgIpc) is 2.48. The average molecular weight is 273 g/mol. The second-order valence-corrected chi connectivity index (χ2v) is 5.28. The lowest BCUT2D eigenvalue weighted by Gasteiger charge is -1.99. The molecule has 68 valence electrons. The van der Waals surface area contributed by atoms with E-state index >= 15 is 0 Å². The second kappa shape index (κ2) is 3.64. The molecule has 0 nitrogen and oxygen atoms in total. The van der Waals surface area contributed by atoms with Crippen LogP contribution in [0.1, 0.15) is 10.4 Å². The Morgan fingerprint density at radius 2 is 2.23 bits per heavy atom. The first-order valence-electron chi connectivity index (χ1n) is 3.99. The van der Waals surface area contributed by atoms with E-state index < -0.39 is 0 Å². The summed E-state index contributed by atoms with van der Waals surface area (Å²) >= 11 is 9.75. The maximum atomic E-state index is 4.44. The molecule has 0 aliphatic rings. The van der Waals surface area contributed by atoms with Crippen molar-refractivity contribution in [3.05, 3.63) is 28.6 Å². The van der Waals surface area contributed by atoms with Crippen LogP contribution in [-0.2, 0) is 5.33 Å². The summed E-state index contributed by atoms with van der Waals surface area (Å²) in [6.45, 7) is 2.13. The molecule has 0 unspecified atom stereocenters. The van der Waals surface area contributed by atoms with Crippen molar-refractivity contribution in [2.24, 2.45) is 0 Å². The minimum atomic E-state index is 0.910. The van der Waals surface area contributed by atoms with Gasteiger partial charge in [0.1, 0.15) is 0 Å². The molecular weight excluding hydrogens is 264 g/mol. The second-order valence-electron chi connectivity index (χ2n) is 2.98. The maximum Gasteiger partial charge on any atom is 0.0481 e. The fourth-order valence-corrected chi connectivity index (χ4v) is 3.20. The van der Waals surface area contributed by atoms with Crippen LogP contribution in [-0.4, -0.2) is 0 Å². The number of hydrogen-bond donors (Lipinski definition) is 1. The van der Waals surface area contributed by atoms with Gasteiger partial charge in [-0.2, -0.15) is 0 Å². The van der Waals surface area contributed by atoms with Crippen molar-refractivity contribution in [2.45, 2.75) is 17.1 Å². The van der Waals surface area contributed by atoms with Gasteiger partial charge in [-0.1, -0.05) is 22.0 Å². The summed E-state index contributed by atoms with van der Waals surface area (Å²) in [6.07, 6.45) is 0. The van der Waals surface area contributed by atoms with Crippen LogP contribution in [0.25, 0.3) is 10.1 Å². The van der Waals surface area contributed by atoms with Gasteiger partial charge in [0.2, 0.25) is 0 Å². The first-order chi connectivity index (χ1) is 6.22. The molecule has 0 saturated heterocycles. The van der Waals surface area contributed by atoms with E-state index in [4.69, 9.17) is 0 Å². The van der Waals surface area contributed by atoms with Crippen LogP contribution in [0.4, 0.5) is 0 Å². The van der Waals surface area contributed by atoms with E-state index in [0.717, 1.165) is 10.2 Å². The molecule has 0 aliphatic carbocycles. The van der Waals surface area contributed by atoms with E-state index in [2.05, 4.69) is 53.7 Å². The quantitative estimate of drug-likeness (QED) is 0.578. The molecule has 1 heterocycles. The third kappa shape index (κ3) is 1.65. The van der Waals surface area contributed by atoms with Gasteiger partial charge in [0.25, 0.3) is 0 Å². The van der Waals surface area contributed by atoms with Crippen LogP contribution < -0.4 is 0 Å². The zero-order chi connectivity index (χ0) is 9.42. The van der Waals surface area contributed by atoms with Crippen molar-refractivity contribution in [3.63, 3.8) is 0 Å². The molecule has 0 amide bonds. The van der Waals surface area contributed by atoms with Gasteiger partial charge in [-0.05, 0) is 30.0 Å². The topological polar surface area (TPSA) is 0 Å². The highest BCUT2D eigenvalue weighted by Crippen LogP contribution is 2.33. The lowest BCUT2D eigenvalue weighted by atomic mass is 10.1. The van der Waals surface area contributed by atoms with Crippen molar-refractivity contribution in [1.82, 2.24) is 0 Å². The maximum absolute atomic E-state index is 4.44. The zero-order valence-corrected chi connectivity index (χ0v) is 10.5. The predicted molar refractivity (Wildman–Crippen MR) is 66.4 cm³/mol. The molecule has 1 aromatic carbocycles. The fourth-order valence-electron chi connectivity index (χ4n) is 1.40. The van der Waals surface area contributed by atoms with Crippen molar-refractivity contribution < 1.29 is 0 Å². The van der Waals surface area contributed by atoms with Crippen molar-refractivity contribution >= 4 is 50.0 Å². The molecule has 0 N–H and O–H groups in total. The van der Waals surface area contributed by atoms with Gasteiger partial charge in [0.15, 0.2) is 0 Å². The Morgan fingerprint density at radius 3 is 2.92 bits per heavy atom. The van der Waals surface area contributed by atoms with Gasteiger partial charge >= 0.3 is 0 Å². The lowest BCUT2D eigenvalue weighted by Crippen LogP contribution is -1.77. The molecule has 3 heteroatoms. The number of thiol groups is 1. The number of thiophene rings is 1. The molecule has 0 radical (unpaired) electrons. The number of rotatable bonds is 1. The lowest BCUT2D eigenvalue weighted by molar-refractivity contribution is 1.45. The van der Waals surface area contributed by atoms with E-state index in [1.165, 1.54) is 20.5 Å². The van der Waals surface area contributed by atoms with Crippen LogP contribution >= 0.6 is 39.9 Å². The summed E-state index contributed by atoms with van der Waals surface area (Å²) in [4.78, 5) is 2.43. The Morgan fingerprint density at radius 1 is 1.46 bits per heavy atom. The molecule has 0 saturated carbocycles. The molecule has 13 heavy (non-hydrogen) atoms. The Balaban J connectivity index is 2.83. The van der Waals surface area contributed by atoms with Crippen LogP contribution in [0, 0.1) is 6.92 Å². The Hall–Kier alpha value is 0.01000. The highest BCUT2D eigenvalue weighted by Gasteiger charge is 2.05. The molecule has 2 aromatic rings. The summed E-state index contributed by atoms with van der Waals surface area (Å²) in [5, 5.41) is 2.25. The first kappa shape index (κ1) is 9.56. The number of fused-ring (bicyclic) bond motifs is 1. The van der Waals surface area contributed by atoms with E-state index in [1.807, 2.05) is 11.3 Å². The molecule has 0 aliphatic heterocycles. The number of aryl methyl sites for hydroxylation is 1. The van der Waals surface area contributed by atoms with E-state index in [0.29, 0.717) is 0 Å². The van der Waals surface area contributed by atoms with Gasteiger partial charge in [-0.25, -0.2) is 0 Å². The third-order valence-corrected chi connectivity index (χ3v) is 4.23. The number of halogens is 1. The third-order valence-electron chi connectivity index (χ3n) is 2.02. The standard InChI is InChI=1S/C10H9BrS2/c1-6-4-8-7(5-11)2-3-9(12)10(8)13-6/h2-4,12H,5H2,1H3. The molecule has 0 atom stereocenters. The molecule has 0 bridgehead atoms. The van der Waals surface area contributed by atoms with Gasteiger partial charge < -0.3 is 0 Å². The van der Waals surface area contributed by atoms with Crippen LogP contribution in [0.15, 0.2) is 23.1 Å². The fraction of sp³-hybridized carbons (Fsp3) is 0.200. The molecule has 2 rings (SSSR count). The Labute approximate surface area is 95.5 Å². The van der Waals surface area contributed by atoms with Gasteiger partial charge in [-0.15, -0.1) is 24.0 Å². The Bertz CT molecular complexity index is 445. The summed E-state index contributed by atoms with van der Waals surface area (Å²) in [5.74, 6) is 0. The minimum absolute atomic E-state index is 0.910. The highest BCUT2D eigenvalue weighted by atomic mass is 79.9. The molecule has 0 spiro atoms. The van der Waals surface area contributed by atoms with E-state index in [9.17, 15) is 0 Å². The summed E-state index contributed by atoms with van der Waals surface area (Å²) in [6, 6.07) is 6.43. The van der Waals surface area contributed by atoms with Gasteiger partial charge in [-0.3, -0.25) is 0 Å². The van der Waals surface area contributed by atoms with E-state index in [1.54, 1.807) is 0 Å². The largest absolute Gasteiger partial charge is 0.142 e. The van der Waals surface area contributed by atoms with Crippen molar-refractivity contribution in [1.29, 1.82) is 0 Å². The number of benzene rings is 1.